The van der Waals surface area contributed by atoms with E-state index >= 15 is 0 Å². The van der Waals surface area contributed by atoms with Gasteiger partial charge in [-0.25, -0.2) is 4.79 Å². The molecule has 2 aliphatic heterocycles. The lowest BCUT2D eigenvalue weighted by Crippen LogP contribution is -2.33. The Morgan fingerprint density at radius 1 is 0.824 bits per heavy atom. The molecule has 4 heteroatoms. The first-order valence-corrected chi connectivity index (χ1v) is 11.6. The van der Waals surface area contributed by atoms with Crippen molar-refractivity contribution in [2.75, 3.05) is 11.9 Å². The molecule has 0 aromatic heterocycles. The van der Waals surface area contributed by atoms with Crippen molar-refractivity contribution >= 4 is 17.3 Å². The topological polar surface area (TPSA) is 38.8 Å². The number of rotatable bonds is 3. The molecule has 0 fully saturated rings. The average molecular weight is 448 g/mol. The van der Waals surface area contributed by atoms with Gasteiger partial charge in [-0.2, -0.15) is 0 Å². The molecule has 4 aromatic rings. The van der Waals surface area contributed by atoms with Crippen LogP contribution in [0, 0.1) is 6.92 Å². The Bertz CT molecular complexity index is 1460. The molecule has 0 aliphatic carbocycles. The van der Waals surface area contributed by atoms with Gasteiger partial charge in [0, 0.05) is 35.1 Å². The highest BCUT2D eigenvalue weighted by Crippen LogP contribution is 2.56. The number of esters is 1. The van der Waals surface area contributed by atoms with Crippen LogP contribution in [0.15, 0.2) is 84.9 Å². The van der Waals surface area contributed by atoms with Gasteiger partial charge in [-0.3, -0.25) is 0 Å². The lowest BCUT2D eigenvalue weighted by Gasteiger charge is -2.37. The minimum Gasteiger partial charge on any atom is -0.456 e. The van der Waals surface area contributed by atoms with Crippen molar-refractivity contribution in [3.63, 3.8) is 0 Å². The Hall–Kier alpha value is -4.05. The smallest absolute Gasteiger partial charge is 0.340 e. The number of anilines is 2. The molecule has 4 nitrogen and oxygen atoms in total. The summed E-state index contributed by atoms with van der Waals surface area (Å²) in [5.41, 5.74) is 6.76. The largest absolute Gasteiger partial charge is 0.456 e. The molecular formula is C30H25NO3. The summed E-state index contributed by atoms with van der Waals surface area (Å²) >= 11 is 0. The molecule has 0 N–H and O–H groups in total. The van der Waals surface area contributed by atoms with Crippen LogP contribution in [-0.4, -0.2) is 13.0 Å². The number of hydrogen-bond donors (Lipinski definition) is 0. The Morgan fingerprint density at radius 2 is 1.56 bits per heavy atom. The Labute approximate surface area is 199 Å². The van der Waals surface area contributed by atoms with Crippen LogP contribution in [0.5, 0.6) is 11.5 Å². The molecule has 1 atom stereocenters. The van der Waals surface area contributed by atoms with E-state index in [-0.39, 0.29) is 5.97 Å². The second-order valence-corrected chi connectivity index (χ2v) is 8.94. The van der Waals surface area contributed by atoms with Crippen molar-refractivity contribution in [1.82, 2.24) is 0 Å². The van der Waals surface area contributed by atoms with Crippen molar-refractivity contribution in [1.29, 1.82) is 0 Å². The van der Waals surface area contributed by atoms with E-state index < -0.39 is 5.60 Å². The molecular weight excluding hydrogens is 422 g/mol. The summed E-state index contributed by atoms with van der Waals surface area (Å²) in [6, 6.07) is 28.1. The molecule has 34 heavy (non-hydrogen) atoms. The van der Waals surface area contributed by atoms with Crippen LogP contribution in [0.3, 0.4) is 0 Å². The number of aryl methyl sites for hydroxylation is 2. The van der Waals surface area contributed by atoms with Crippen LogP contribution < -0.4 is 9.64 Å². The summed E-state index contributed by atoms with van der Waals surface area (Å²) < 4.78 is 12.6. The van der Waals surface area contributed by atoms with Crippen LogP contribution in [0.2, 0.25) is 0 Å². The number of carbonyl (C=O) groups is 1. The molecule has 168 valence electrons. The van der Waals surface area contributed by atoms with Gasteiger partial charge >= 0.3 is 5.97 Å². The zero-order valence-electron chi connectivity index (χ0n) is 19.5. The van der Waals surface area contributed by atoms with E-state index in [0.717, 1.165) is 34.5 Å². The monoisotopic (exact) mass is 447 g/mol. The van der Waals surface area contributed by atoms with Gasteiger partial charge in [-0.05, 0) is 55.3 Å². The number of fused-ring (bicyclic) bond motifs is 6. The number of hydrogen-bond acceptors (Lipinski definition) is 4. The van der Waals surface area contributed by atoms with Crippen LogP contribution in [-0.2, 0) is 16.8 Å². The van der Waals surface area contributed by atoms with Gasteiger partial charge in [-0.1, -0.05) is 61.0 Å². The highest BCUT2D eigenvalue weighted by molar-refractivity contribution is 5.97. The van der Waals surface area contributed by atoms with Gasteiger partial charge < -0.3 is 14.4 Å². The minimum atomic E-state index is -1.05. The van der Waals surface area contributed by atoms with Crippen molar-refractivity contribution in [2.45, 2.75) is 25.9 Å². The average Bonchev–Trinajstić information content (AvgIpc) is 3.16. The minimum absolute atomic E-state index is 0.316. The summed E-state index contributed by atoms with van der Waals surface area (Å²) in [7, 11) is 2.07. The van der Waals surface area contributed by atoms with Gasteiger partial charge in [0.2, 0.25) is 0 Å². The van der Waals surface area contributed by atoms with Crippen LogP contribution in [0.25, 0.3) is 0 Å². The zero-order valence-corrected chi connectivity index (χ0v) is 19.5. The van der Waals surface area contributed by atoms with Crippen molar-refractivity contribution in [2.24, 2.45) is 0 Å². The lowest BCUT2D eigenvalue weighted by molar-refractivity contribution is 0.0224. The van der Waals surface area contributed by atoms with E-state index in [9.17, 15) is 4.79 Å². The molecule has 0 saturated heterocycles. The van der Waals surface area contributed by atoms with Crippen LogP contribution in [0.1, 0.15) is 45.1 Å². The van der Waals surface area contributed by atoms with E-state index in [1.165, 1.54) is 11.1 Å². The summed E-state index contributed by atoms with van der Waals surface area (Å²) in [6.45, 7) is 4.29. The van der Waals surface area contributed by atoms with Crippen LogP contribution in [0.4, 0.5) is 11.4 Å². The summed E-state index contributed by atoms with van der Waals surface area (Å²) in [5.74, 6) is 1.08. The fraction of sp³-hybridized carbons (Fsp3) is 0.167. The molecule has 1 unspecified atom stereocenters. The number of carbonyl (C=O) groups excluding carboxylic acids is 1. The Morgan fingerprint density at radius 3 is 2.38 bits per heavy atom. The highest BCUT2D eigenvalue weighted by atomic mass is 16.6. The molecule has 0 amide bonds. The SMILES string of the molecule is CCc1cc(C)ccc1N(C)c1ccc2c(c1)C1(OC(=O)c3ccccc31)c1ccccc1O2. The van der Waals surface area contributed by atoms with E-state index in [2.05, 4.69) is 56.1 Å². The summed E-state index contributed by atoms with van der Waals surface area (Å²) in [6.07, 6.45) is 0.942. The first kappa shape index (κ1) is 20.5. The van der Waals surface area contributed by atoms with E-state index in [1.54, 1.807) is 0 Å². The maximum absolute atomic E-state index is 13.0. The normalized spacial score (nSPS) is 17.4. The number of para-hydroxylation sites is 1. The van der Waals surface area contributed by atoms with Crippen LogP contribution >= 0.6 is 0 Å². The molecule has 0 radical (unpaired) electrons. The van der Waals surface area contributed by atoms with Crippen molar-refractivity contribution in [3.05, 3.63) is 118 Å². The molecule has 0 bridgehead atoms. The number of nitrogens with zero attached hydrogens (tertiary/aromatic N) is 1. The third kappa shape index (κ3) is 2.81. The van der Waals surface area contributed by atoms with E-state index in [0.29, 0.717) is 17.1 Å². The standard InChI is InChI=1S/C30H25NO3/c1-4-20-17-19(2)13-15-26(20)31(3)21-14-16-28-25(18-21)30(24-11-7-8-12-27(24)33-28)23-10-6-5-9-22(23)29(32)34-30/h5-18H,4H2,1-3H3. The fourth-order valence-electron chi connectivity index (χ4n) is 5.28. The first-order valence-electron chi connectivity index (χ1n) is 11.6. The van der Waals surface area contributed by atoms with Crippen molar-refractivity contribution < 1.29 is 14.3 Å². The van der Waals surface area contributed by atoms with Gasteiger partial charge in [-0.15, -0.1) is 0 Å². The first-order chi connectivity index (χ1) is 16.5. The van der Waals surface area contributed by atoms with Gasteiger partial charge in [0.05, 0.1) is 5.56 Å². The fourth-order valence-corrected chi connectivity index (χ4v) is 5.28. The number of benzene rings is 4. The predicted molar refractivity (Wildman–Crippen MR) is 133 cm³/mol. The molecule has 1 spiro atoms. The van der Waals surface area contributed by atoms with Crippen molar-refractivity contribution in [3.8, 4) is 11.5 Å². The second kappa shape index (κ2) is 7.49. The summed E-state index contributed by atoms with van der Waals surface area (Å²) in [5, 5.41) is 0. The third-order valence-corrected chi connectivity index (χ3v) is 6.97. The third-order valence-electron chi connectivity index (χ3n) is 6.97. The second-order valence-electron chi connectivity index (χ2n) is 8.94. The number of ether oxygens (including phenoxy) is 2. The molecule has 4 aromatic carbocycles. The molecule has 6 rings (SSSR count). The van der Waals surface area contributed by atoms with Gasteiger partial charge in [0.15, 0.2) is 5.60 Å². The molecule has 2 aliphatic rings. The molecule has 0 saturated carbocycles. The quantitative estimate of drug-likeness (QED) is 0.321. The Kier molecular flexibility index (Phi) is 4.53. The predicted octanol–water partition coefficient (Wildman–Crippen LogP) is 6.89. The Balaban J connectivity index is 1.58. The zero-order chi connectivity index (χ0) is 23.4. The summed E-state index contributed by atoms with van der Waals surface area (Å²) in [4.78, 5) is 15.2. The lowest BCUT2D eigenvalue weighted by atomic mass is 9.77. The van der Waals surface area contributed by atoms with E-state index in [1.807, 2.05) is 54.6 Å². The maximum Gasteiger partial charge on any atom is 0.340 e. The highest BCUT2D eigenvalue weighted by Gasteiger charge is 2.53. The molecule has 2 heterocycles. The van der Waals surface area contributed by atoms with Gasteiger partial charge in [0.25, 0.3) is 0 Å². The van der Waals surface area contributed by atoms with Gasteiger partial charge in [0.1, 0.15) is 11.5 Å². The van der Waals surface area contributed by atoms with E-state index in [4.69, 9.17) is 9.47 Å². The maximum atomic E-state index is 13.0.